The van der Waals surface area contributed by atoms with Gasteiger partial charge < -0.3 is 14.9 Å². The largest absolute Gasteiger partial charge is 0.478 e. The van der Waals surface area contributed by atoms with E-state index in [1.54, 1.807) is 48.2 Å². The Hall–Kier alpha value is -3.15. The summed E-state index contributed by atoms with van der Waals surface area (Å²) in [5.74, 6) is -1.07. The van der Waals surface area contributed by atoms with Gasteiger partial charge in [0.2, 0.25) is 5.91 Å². The predicted molar refractivity (Wildman–Crippen MR) is 107 cm³/mol. The van der Waals surface area contributed by atoms with Gasteiger partial charge in [0.05, 0.1) is 5.56 Å². The number of rotatable bonds is 7. The van der Waals surface area contributed by atoms with Crippen molar-refractivity contribution in [2.24, 2.45) is 5.92 Å². The molecule has 0 saturated heterocycles. The zero-order valence-corrected chi connectivity index (χ0v) is 16.7. The molecule has 0 unspecified atom stereocenters. The molecule has 1 N–H and O–H groups in total. The molecule has 0 aliphatic carbocycles. The molecule has 28 heavy (non-hydrogen) atoms. The number of benzene rings is 2. The molecule has 6 nitrogen and oxygen atoms in total. The van der Waals surface area contributed by atoms with Crippen LogP contribution in [0.25, 0.3) is 0 Å². The number of hydrogen-bond acceptors (Lipinski definition) is 3. The van der Waals surface area contributed by atoms with Gasteiger partial charge in [0.25, 0.3) is 5.91 Å². The van der Waals surface area contributed by atoms with Crippen LogP contribution in [0.5, 0.6) is 0 Å². The zero-order valence-electron chi connectivity index (χ0n) is 16.7. The lowest BCUT2D eigenvalue weighted by molar-refractivity contribution is -0.133. The molecule has 6 heteroatoms. The van der Waals surface area contributed by atoms with E-state index in [2.05, 4.69) is 0 Å². The van der Waals surface area contributed by atoms with Gasteiger partial charge in [-0.1, -0.05) is 38.1 Å². The third-order valence-electron chi connectivity index (χ3n) is 4.46. The van der Waals surface area contributed by atoms with Gasteiger partial charge in [-0.25, -0.2) is 4.79 Å². The van der Waals surface area contributed by atoms with Crippen molar-refractivity contribution >= 4 is 17.8 Å². The van der Waals surface area contributed by atoms with E-state index in [1.807, 2.05) is 26.0 Å². The second-order valence-corrected chi connectivity index (χ2v) is 7.21. The monoisotopic (exact) mass is 382 g/mol. The fraction of sp³-hybridized carbons (Fsp3) is 0.318. The fourth-order valence-electron chi connectivity index (χ4n) is 2.86. The Bertz CT molecular complexity index is 842. The molecule has 0 fully saturated rings. The number of carbonyl (C=O) groups excluding carboxylic acids is 2. The van der Waals surface area contributed by atoms with Gasteiger partial charge in [0, 0.05) is 38.7 Å². The molecular weight excluding hydrogens is 356 g/mol. The molecule has 0 atom stereocenters. The van der Waals surface area contributed by atoms with Gasteiger partial charge in [-0.3, -0.25) is 9.59 Å². The summed E-state index contributed by atoms with van der Waals surface area (Å²) in [5, 5.41) is 8.94. The first-order valence-electron chi connectivity index (χ1n) is 9.10. The minimum absolute atomic E-state index is 0.0518. The summed E-state index contributed by atoms with van der Waals surface area (Å²) >= 11 is 0. The van der Waals surface area contributed by atoms with Crippen molar-refractivity contribution in [2.45, 2.75) is 26.9 Å². The second kappa shape index (κ2) is 9.17. The number of aromatic carboxylic acids is 1. The van der Waals surface area contributed by atoms with Crippen molar-refractivity contribution < 1.29 is 19.5 Å². The third kappa shape index (κ3) is 5.42. The average molecular weight is 382 g/mol. The quantitative estimate of drug-likeness (QED) is 0.797. The molecule has 0 saturated carbocycles. The summed E-state index contributed by atoms with van der Waals surface area (Å²) in [7, 11) is 3.47. The van der Waals surface area contributed by atoms with Crippen molar-refractivity contribution in [3.05, 3.63) is 70.8 Å². The van der Waals surface area contributed by atoms with E-state index in [4.69, 9.17) is 5.11 Å². The van der Waals surface area contributed by atoms with Crippen molar-refractivity contribution in [2.75, 3.05) is 14.1 Å². The number of carbonyl (C=O) groups is 3. The number of carboxylic acid groups (broad SMARTS) is 1. The van der Waals surface area contributed by atoms with E-state index in [-0.39, 0.29) is 23.3 Å². The van der Waals surface area contributed by atoms with Crippen molar-refractivity contribution in [1.29, 1.82) is 0 Å². The Balaban J connectivity index is 1.99. The topological polar surface area (TPSA) is 77.9 Å². The minimum atomic E-state index is -0.975. The van der Waals surface area contributed by atoms with Crippen LogP contribution in [-0.4, -0.2) is 46.8 Å². The fourth-order valence-corrected chi connectivity index (χ4v) is 2.86. The van der Waals surface area contributed by atoms with Gasteiger partial charge in [0.15, 0.2) is 0 Å². The maximum atomic E-state index is 12.6. The molecule has 0 bridgehead atoms. The van der Waals surface area contributed by atoms with Crippen LogP contribution in [0.2, 0.25) is 0 Å². The molecule has 0 radical (unpaired) electrons. The zero-order chi connectivity index (χ0) is 20.8. The van der Waals surface area contributed by atoms with E-state index in [0.29, 0.717) is 18.7 Å². The number of carboxylic acids is 1. The summed E-state index contributed by atoms with van der Waals surface area (Å²) in [6.07, 6.45) is 0. The molecule has 148 valence electrons. The van der Waals surface area contributed by atoms with Gasteiger partial charge >= 0.3 is 5.97 Å². The summed E-state index contributed by atoms with van der Waals surface area (Å²) < 4.78 is 0. The van der Waals surface area contributed by atoms with E-state index in [0.717, 1.165) is 11.1 Å². The molecule has 0 aromatic heterocycles. The Labute approximate surface area is 165 Å². The van der Waals surface area contributed by atoms with Crippen LogP contribution in [0.1, 0.15) is 45.7 Å². The normalized spacial score (nSPS) is 10.6. The lowest BCUT2D eigenvalue weighted by Gasteiger charge is -2.20. The number of hydrogen-bond donors (Lipinski definition) is 1. The molecule has 0 heterocycles. The predicted octanol–water partition coefficient (Wildman–Crippen LogP) is 3.27. The summed E-state index contributed by atoms with van der Waals surface area (Å²) in [4.78, 5) is 38.8. The highest BCUT2D eigenvalue weighted by Crippen LogP contribution is 2.13. The van der Waals surface area contributed by atoms with Gasteiger partial charge in [0.1, 0.15) is 0 Å². The third-order valence-corrected chi connectivity index (χ3v) is 4.46. The second-order valence-electron chi connectivity index (χ2n) is 7.21. The van der Waals surface area contributed by atoms with Crippen LogP contribution >= 0.6 is 0 Å². The van der Waals surface area contributed by atoms with Crippen LogP contribution in [-0.2, 0) is 17.9 Å². The lowest BCUT2D eigenvalue weighted by Crippen LogP contribution is -2.30. The highest BCUT2D eigenvalue weighted by atomic mass is 16.4. The first kappa shape index (κ1) is 21.2. The molecule has 2 rings (SSSR count). The number of nitrogens with zero attached hydrogens (tertiary/aromatic N) is 2. The molecular formula is C22H26N2O4. The van der Waals surface area contributed by atoms with E-state index in [9.17, 15) is 14.4 Å². The van der Waals surface area contributed by atoms with Crippen LogP contribution in [0, 0.1) is 5.92 Å². The Kier molecular flexibility index (Phi) is 6.93. The van der Waals surface area contributed by atoms with E-state index >= 15 is 0 Å². The van der Waals surface area contributed by atoms with Crippen molar-refractivity contribution in [3.63, 3.8) is 0 Å². The number of amides is 2. The van der Waals surface area contributed by atoms with Gasteiger partial charge in [-0.05, 0) is 35.4 Å². The Morgan fingerprint density at radius 1 is 0.786 bits per heavy atom. The lowest BCUT2D eigenvalue weighted by atomic mass is 10.1. The maximum Gasteiger partial charge on any atom is 0.335 e. The summed E-state index contributed by atoms with van der Waals surface area (Å²) in [6, 6.07) is 13.7. The molecule has 2 aromatic carbocycles. The van der Waals surface area contributed by atoms with Gasteiger partial charge in [-0.15, -0.1) is 0 Å². The highest BCUT2D eigenvalue weighted by Gasteiger charge is 2.15. The van der Waals surface area contributed by atoms with Crippen molar-refractivity contribution in [3.8, 4) is 0 Å². The molecule has 0 spiro atoms. The van der Waals surface area contributed by atoms with Crippen LogP contribution in [0.4, 0.5) is 0 Å². The standard InChI is InChI=1S/C22H26N2O4/c1-15(2)20(25)23(3)13-16-5-9-18(10-6-16)21(26)24(4)14-17-7-11-19(12-8-17)22(27)28/h5-12,15H,13-14H2,1-4H3,(H,27,28). The average Bonchev–Trinajstić information content (AvgIpc) is 2.67. The van der Waals surface area contributed by atoms with Crippen LogP contribution < -0.4 is 0 Å². The van der Waals surface area contributed by atoms with E-state index < -0.39 is 5.97 Å². The first-order chi connectivity index (χ1) is 13.2. The smallest absolute Gasteiger partial charge is 0.335 e. The molecule has 0 aliphatic heterocycles. The highest BCUT2D eigenvalue weighted by molar-refractivity contribution is 5.94. The Morgan fingerprint density at radius 3 is 1.64 bits per heavy atom. The maximum absolute atomic E-state index is 12.6. The van der Waals surface area contributed by atoms with Gasteiger partial charge in [-0.2, -0.15) is 0 Å². The molecule has 2 amide bonds. The Morgan fingerprint density at radius 2 is 1.21 bits per heavy atom. The van der Waals surface area contributed by atoms with Crippen LogP contribution in [0.15, 0.2) is 48.5 Å². The van der Waals surface area contributed by atoms with E-state index in [1.165, 1.54) is 12.1 Å². The SMILES string of the molecule is CC(C)C(=O)N(C)Cc1ccc(C(=O)N(C)Cc2ccc(C(=O)O)cc2)cc1. The minimum Gasteiger partial charge on any atom is -0.478 e. The molecule has 0 aliphatic rings. The summed E-state index contributed by atoms with van der Waals surface area (Å²) in [5.41, 5.74) is 2.59. The first-order valence-corrected chi connectivity index (χ1v) is 9.10. The van der Waals surface area contributed by atoms with Crippen LogP contribution in [0.3, 0.4) is 0 Å². The van der Waals surface area contributed by atoms with Crippen molar-refractivity contribution in [1.82, 2.24) is 9.80 Å². The molecule has 2 aromatic rings. The summed E-state index contributed by atoms with van der Waals surface area (Å²) in [6.45, 7) is 4.61.